The second-order valence-corrected chi connectivity index (χ2v) is 6.89. The van der Waals surface area contributed by atoms with E-state index in [2.05, 4.69) is 4.98 Å². The van der Waals surface area contributed by atoms with Gasteiger partial charge in [0.1, 0.15) is 5.82 Å². The predicted octanol–water partition coefficient (Wildman–Crippen LogP) is 2.79. The number of nitrogens with zero attached hydrogens (tertiary/aromatic N) is 1. The van der Waals surface area contributed by atoms with Crippen molar-refractivity contribution in [3.63, 3.8) is 0 Å². The van der Waals surface area contributed by atoms with Gasteiger partial charge in [0.05, 0.1) is 11.6 Å². The maximum atomic E-state index is 14.7. The van der Waals surface area contributed by atoms with Crippen LogP contribution in [0.4, 0.5) is 4.39 Å². The van der Waals surface area contributed by atoms with Crippen LogP contribution in [0.15, 0.2) is 30.5 Å². The minimum atomic E-state index is -1.39. The molecule has 0 bridgehead atoms. The average Bonchev–Trinajstić information content (AvgIpc) is 2.91. The summed E-state index contributed by atoms with van der Waals surface area (Å²) in [5.41, 5.74) is 3.00. The van der Waals surface area contributed by atoms with Crippen LogP contribution in [0.25, 0.3) is 11.3 Å². The summed E-state index contributed by atoms with van der Waals surface area (Å²) in [4.78, 5) is 16.1. The Labute approximate surface area is 151 Å². The summed E-state index contributed by atoms with van der Waals surface area (Å²) in [5, 5.41) is 27.7. The number of carboxylic acids is 1. The average molecular weight is 357 g/mol. The molecule has 1 aromatic carbocycles. The van der Waals surface area contributed by atoms with E-state index in [1.807, 2.05) is 13.0 Å². The van der Waals surface area contributed by atoms with Crippen molar-refractivity contribution in [1.29, 1.82) is 0 Å². The van der Waals surface area contributed by atoms with E-state index in [0.29, 0.717) is 41.6 Å². The largest absolute Gasteiger partial charge is 0.481 e. The Kier molecular flexibility index (Phi) is 5.39. The fourth-order valence-electron chi connectivity index (χ4n) is 3.87. The lowest BCUT2D eigenvalue weighted by Gasteiger charge is -2.16. The Morgan fingerprint density at radius 1 is 1.38 bits per heavy atom. The minimum Gasteiger partial charge on any atom is -0.481 e. The van der Waals surface area contributed by atoms with Crippen molar-refractivity contribution < 1.29 is 24.3 Å². The van der Waals surface area contributed by atoms with E-state index < -0.39 is 24.8 Å². The zero-order chi connectivity index (χ0) is 18.8. The van der Waals surface area contributed by atoms with Crippen molar-refractivity contribution in [3.8, 4) is 11.3 Å². The van der Waals surface area contributed by atoms with Crippen molar-refractivity contribution >= 4 is 13.1 Å². The van der Waals surface area contributed by atoms with Gasteiger partial charge in [0.15, 0.2) is 0 Å². The van der Waals surface area contributed by atoms with Crippen LogP contribution in [0.5, 0.6) is 0 Å². The summed E-state index contributed by atoms with van der Waals surface area (Å²) in [6.45, 7) is 1.84. The molecule has 3 rings (SSSR count). The molecule has 5 nitrogen and oxygen atoms in total. The number of hydrogen-bond acceptors (Lipinski definition) is 4. The van der Waals surface area contributed by atoms with Gasteiger partial charge < -0.3 is 15.2 Å². The van der Waals surface area contributed by atoms with Gasteiger partial charge in [-0.1, -0.05) is 12.5 Å². The van der Waals surface area contributed by atoms with E-state index in [4.69, 9.17) is 10.0 Å². The molecule has 2 atom stereocenters. The highest BCUT2D eigenvalue weighted by Gasteiger charge is 2.38. The van der Waals surface area contributed by atoms with E-state index in [9.17, 15) is 14.3 Å². The molecule has 26 heavy (non-hydrogen) atoms. The van der Waals surface area contributed by atoms with Crippen molar-refractivity contribution in [2.75, 3.05) is 0 Å². The molecular formula is C19H21BFNO4. The van der Waals surface area contributed by atoms with Crippen LogP contribution in [-0.4, -0.2) is 33.2 Å². The second-order valence-electron chi connectivity index (χ2n) is 6.89. The maximum absolute atomic E-state index is 14.7. The monoisotopic (exact) mass is 357 g/mol. The van der Waals surface area contributed by atoms with E-state index in [1.165, 1.54) is 6.07 Å². The van der Waals surface area contributed by atoms with Gasteiger partial charge in [-0.2, -0.15) is 0 Å². The quantitative estimate of drug-likeness (QED) is 0.692. The van der Waals surface area contributed by atoms with Crippen molar-refractivity contribution in [2.24, 2.45) is 5.92 Å². The number of hydrogen-bond donors (Lipinski definition) is 3. The van der Waals surface area contributed by atoms with Crippen LogP contribution < -0.4 is 0 Å². The summed E-state index contributed by atoms with van der Waals surface area (Å²) in [6, 6.07) is 6.66. The molecule has 0 saturated heterocycles. The van der Waals surface area contributed by atoms with Gasteiger partial charge in [-0.3, -0.25) is 9.78 Å². The van der Waals surface area contributed by atoms with Crippen molar-refractivity contribution in [3.05, 3.63) is 53.0 Å². The fourth-order valence-corrected chi connectivity index (χ4v) is 3.87. The fraction of sp³-hybridized carbons (Fsp3) is 0.368. The molecule has 0 saturated carbocycles. The molecule has 7 heteroatoms. The second kappa shape index (κ2) is 7.56. The zero-order valence-corrected chi connectivity index (χ0v) is 14.5. The maximum Gasteiger partial charge on any atom is 0.451 e. The molecule has 0 aliphatic heterocycles. The third-order valence-corrected chi connectivity index (χ3v) is 5.09. The third-order valence-electron chi connectivity index (χ3n) is 5.09. The van der Waals surface area contributed by atoms with Gasteiger partial charge in [-0.05, 0) is 66.9 Å². The number of aliphatic carboxylic acids is 1. The van der Waals surface area contributed by atoms with Gasteiger partial charge in [0, 0.05) is 11.8 Å². The Balaban J connectivity index is 1.95. The first kappa shape index (κ1) is 18.5. The molecule has 0 spiro atoms. The summed E-state index contributed by atoms with van der Waals surface area (Å²) in [7, 11) is -1.39. The molecule has 1 aliphatic rings. The van der Waals surface area contributed by atoms with Gasteiger partial charge >= 0.3 is 13.1 Å². The number of halogens is 1. The number of pyridine rings is 1. The number of fused-ring (bicyclic) bond motifs is 1. The Morgan fingerprint density at radius 3 is 2.81 bits per heavy atom. The van der Waals surface area contributed by atoms with E-state index >= 15 is 0 Å². The lowest BCUT2D eigenvalue weighted by molar-refractivity contribution is -0.139. The highest BCUT2D eigenvalue weighted by Crippen LogP contribution is 2.43. The van der Waals surface area contributed by atoms with Crippen molar-refractivity contribution in [1.82, 2.24) is 4.98 Å². The summed E-state index contributed by atoms with van der Waals surface area (Å²) in [5.74, 6) is -2.24. The number of aryl methyl sites for hydroxylation is 1. The van der Waals surface area contributed by atoms with Gasteiger partial charge in [0.25, 0.3) is 0 Å². The van der Waals surface area contributed by atoms with Crippen molar-refractivity contribution in [2.45, 2.75) is 38.4 Å². The standard InChI is InChI=1S/C19H21BFNO4/c1-11-4-3-7-22-18(11)15-10-14-13(9-16(15)21)8-12(17(14)19(23)24)5-2-6-20(25)26/h3-4,7,9-10,12,17,25-26H,2,5-6,8H2,1H3,(H,23,24)/t12-,17-/m0/s1. The Hall–Kier alpha value is -2.25. The number of carbonyl (C=O) groups is 1. The SMILES string of the molecule is Cc1cccnc1-c1cc2c(cc1F)C[C@H](CCCB(O)O)[C@@H]2C(=O)O. The minimum absolute atomic E-state index is 0.180. The lowest BCUT2D eigenvalue weighted by Crippen LogP contribution is -2.18. The topological polar surface area (TPSA) is 90.7 Å². The normalized spacial score (nSPS) is 18.6. The summed E-state index contributed by atoms with van der Waals surface area (Å²) >= 11 is 0. The van der Waals surface area contributed by atoms with Gasteiger partial charge in [-0.15, -0.1) is 0 Å². The van der Waals surface area contributed by atoms with Crippen LogP contribution in [0, 0.1) is 18.7 Å². The number of aromatic nitrogens is 1. The number of carboxylic acid groups (broad SMARTS) is 1. The molecule has 0 fully saturated rings. The molecule has 1 heterocycles. The first-order valence-corrected chi connectivity index (χ1v) is 8.71. The predicted molar refractivity (Wildman–Crippen MR) is 96.2 cm³/mol. The molecule has 0 amide bonds. The Bertz CT molecular complexity index is 827. The number of benzene rings is 1. The smallest absolute Gasteiger partial charge is 0.451 e. The summed E-state index contributed by atoms with van der Waals surface area (Å²) < 4.78 is 14.7. The molecule has 3 N–H and O–H groups in total. The van der Waals surface area contributed by atoms with Crippen LogP contribution >= 0.6 is 0 Å². The van der Waals surface area contributed by atoms with Crippen LogP contribution in [0.2, 0.25) is 6.32 Å². The van der Waals surface area contributed by atoms with Crippen LogP contribution in [-0.2, 0) is 11.2 Å². The summed E-state index contributed by atoms with van der Waals surface area (Å²) in [6.07, 6.45) is 3.32. The molecular weight excluding hydrogens is 336 g/mol. The molecule has 2 aromatic rings. The Morgan fingerprint density at radius 2 is 2.15 bits per heavy atom. The first-order chi connectivity index (χ1) is 12.4. The first-order valence-electron chi connectivity index (χ1n) is 8.71. The van der Waals surface area contributed by atoms with Gasteiger partial charge in [-0.25, -0.2) is 4.39 Å². The molecule has 136 valence electrons. The lowest BCUT2D eigenvalue weighted by atomic mass is 9.80. The molecule has 0 unspecified atom stereocenters. The molecule has 1 aliphatic carbocycles. The van der Waals surface area contributed by atoms with Crippen LogP contribution in [0.1, 0.15) is 35.4 Å². The highest BCUT2D eigenvalue weighted by molar-refractivity contribution is 6.40. The van der Waals surface area contributed by atoms with Crippen LogP contribution in [0.3, 0.4) is 0 Å². The highest BCUT2D eigenvalue weighted by atomic mass is 19.1. The number of rotatable bonds is 6. The van der Waals surface area contributed by atoms with Gasteiger partial charge in [0.2, 0.25) is 0 Å². The van der Waals surface area contributed by atoms with E-state index in [0.717, 1.165) is 5.56 Å². The molecule has 0 radical (unpaired) electrons. The zero-order valence-electron chi connectivity index (χ0n) is 14.5. The van der Waals surface area contributed by atoms with E-state index in [1.54, 1.807) is 18.3 Å². The van der Waals surface area contributed by atoms with E-state index in [-0.39, 0.29) is 12.2 Å². The molecule has 1 aromatic heterocycles. The third kappa shape index (κ3) is 3.64.